The van der Waals surface area contributed by atoms with Gasteiger partial charge in [-0.3, -0.25) is 4.79 Å². The number of halogens is 1. The minimum atomic E-state index is -0.0328. The molecule has 0 aromatic carbocycles. The zero-order valence-electron chi connectivity index (χ0n) is 10.6. The molecule has 2 aliphatic heterocycles. The van der Waals surface area contributed by atoms with Crippen molar-refractivity contribution in [1.29, 1.82) is 0 Å². The Morgan fingerprint density at radius 3 is 2.67 bits per heavy atom. The molecule has 0 saturated carbocycles. The third-order valence-electron chi connectivity index (χ3n) is 3.30. The Kier molecular flexibility index (Phi) is 5.68. The van der Waals surface area contributed by atoms with Crippen molar-refractivity contribution in [3.8, 4) is 0 Å². The molecule has 0 radical (unpaired) electrons. The molecule has 104 valence electrons. The molecule has 3 N–H and O–H groups in total. The second kappa shape index (κ2) is 6.80. The van der Waals surface area contributed by atoms with Gasteiger partial charge in [0.25, 0.3) is 0 Å². The number of nitrogens with zero attached hydrogens (tertiary/aromatic N) is 1. The van der Waals surface area contributed by atoms with E-state index >= 15 is 0 Å². The van der Waals surface area contributed by atoms with Gasteiger partial charge < -0.3 is 20.9 Å². The highest BCUT2D eigenvalue weighted by molar-refractivity contribution is 5.85. The molecule has 7 heteroatoms. The van der Waals surface area contributed by atoms with E-state index < -0.39 is 0 Å². The van der Waals surface area contributed by atoms with E-state index in [4.69, 9.17) is 0 Å². The first-order valence-electron chi connectivity index (χ1n) is 6.24. The summed E-state index contributed by atoms with van der Waals surface area (Å²) in [4.78, 5) is 25.0. The van der Waals surface area contributed by atoms with Gasteiger partial charge in [-0.1, -0.05) is 0 Å². The Labute approximate surface area is 113 Å². The van der Waals surface area contributed by atoms with E-state index in [1.165, 1.54) is 0 Å². The maximum atomic E-state index is 11.7. The van der Waals surface area contributed by atoms with E-state index in [0.29, 0.717) is 13.1 Å². The van der Waals surface area contributed by atoms with E-state index in [0.717, 1.165) is 26.1 Å². The van der Waals surface area contributed by atoms with Crippen LogP contribution in [-0.2, 0) is 4.79 Å². The van der Waals surface area contributed by atoms with Crippen LogP contribution in [-0.4, -0.2) is 55.6 Å². The molecule has 1 atom stereocenters. The molecule has 2 saturated heterocycles. The molecule has 2 fully saturated rings. The maximum Gasteiger partial charge on any atom is 0.317 e. The second-order valence-electron chi connectivity index (χ2n) is 4.63. The minimum Gasteiger partial charge on any atom is -0.351 e. The first kappa shape index (κ1) is 15.0. The number of hydrogen-bond donors (Lipinski definition) is 3. The Morgan fingerprint density at radius 1 is 1.39 bits per heavy atom. The Hall–Kier alpha value is -1.01. The lowest BCUT2D eigenvalue weighted by Gasteiger charge is -2.27. The summed E-state index contributed by atoms with van der Waals surface area (Å²) in [6.45, 7) is 5.44. The van der Waals surface area contributed by atoms with Crippen molar-refractivity contribution >= 4 is 24.3 Å². The minimum absolute atomic E-state index is 0. The third kappa shape index (κ3) is 3.49. The normalized spacial score (nSPS) is 22.9. The van der Waals surface area contributed by atoms with Crippen LogP contribution in [0.3, 0.4) is 0 Å². The molecule has 0 aromatic rings. The van der Waals surface area contributed by atoms with Gasteiger partial charge in [-0.15, -0.1) is 12.4 Å². The summed E-state index contributed by atoms with van der Waals surface area (Å²) < 4.78 is 0. The summed E-state index contributed by atoms with van der Waals surface area (Å²) in [5.74, 6) is 0.236. The Balaban J connectivity index is 0.00000162. The van der Waals surface area contributed by atoms with Gasteiger partial charge in [-0.25, -0.2) is 4.79 Å². The molecule has 2 aliphatic rings. The average molecular weight is 277 g/mol. The molecule has 0 aromatic heterocycles. The number of carbonyl (C=O) groups is 2. The van der Waals surface area contributed by atoms with Crippen LogP contribution in [0.4, 0.5) is 4.79 Å². The molecule has 0 spiro atoms. The molecular weight excluding hydrogens is 256 g/mol. The lowest BCUT2D eigenvalue weighted by atomic mass is 10.0. The quantitative estimate of drug-likeness (QED) is 0.654. The number of hydrogen-bond acceptors (Lipinski definition) is 3. The number of carbonyl (C=O) groups excluding carboxylic acids is 2. The lowest BCUT2D eigenvalue weighted by Crippen LogP contribution is -2.53. The predicted molar refractivity (Wildman–Crippen MR) is 70.8 cm³/mol. The van der Waals surface area contributed by atoms with Crippen molar-refractivity contribution in [2.24, 2.45) is 5.92 Å². The van der Waals surface area contributed by atoms with E-state index in [9.17, 15) is 9.59 Å². The Bertz CT molecular complexity index is 309. The summed E-state index contributed by atoms with van der Waals surface area (Å²) in [5.41, 5.74) is 0. The maximum absolute atomic E-state index is 11.7. The van der Waals surface area contributed by atoms with E-state index in [-0.39, 0.29) is 36.3 Å². The largest absolute Gasteiger partial charge is 0.351 e. The number of amides is 3. The molecule has 18 heavy (non-hydrogen) atoms. The third-order valence-corrected chi connectivity index (χ3v) is 3.30. The molecule has 2 heterocycles. The fraction of sp³-hybridized carbons (Fsp3) is 0.818. The SMILES string of the molecule is CCNC(=O)N1CCC(NC(=O)C2CNC2)C1.Cl. The standard InChI is InChI=1S/C11H20N4O2.ClH/c1-2-13-11(17)15-4-3-9(7-15)14-10(16)8-5-12-6-8;/h8-9,12H,2-7H2,1H3,(H,13,17)(H,14,16);1H. The summed E-state index contributed by atoms with van der Waals surface area (Å²) in [6.07, 6.45) is 0.850. The van der Waals surface area contributed by atoms with Crippen molar-refractivity contribution < 1.29 is 9.59 Å². The van der Waals surface area contributed by atoms with Gasteiger partial charge in [0.1, 0.15) is 0 Å². The highest BCUT2D eigenvalue weighted by Gasteiger charge is 2.31. The molecule has 0 bridgehead atoms. The predicted octanol–water partition coefficient (Wildman–Crippen LogP) is -0.452. The van der Waals surface area contributed by atoms with Crippen LogP contribution in [0.1, 0.15) is 13.3 Å². The number of likely N-dealkylation sites (tertiary alicyclic amines) is 1. The molecule has 1 unspecified atom stereocenters. The van der Waals surface area contributed by atoms with Crippen LogP contribution in [0.25, 0.3) is 0 Å². The summed E-state index contributed by atoms with van der Waals surface area (Å²) in [5, 5.41) is 8.85. The topological polar surface area (TPSA) is 73.5 Å². The smallest absolute Gasteiger partial charge is 0.317 e. The van der Waals surface area contributed by atoms with Gasteiger partial charge in [0.15, 0.2) is 0 Å². The summed E-state index contributed by atoms with van der Waals surface area (Å²) >= 11 is 0. The van der Waals surface area contributed by atoms with Crippen LogP contribution in [0.15, 0.2) is 0 Å². The van der Waals surface area contributed by atoms with Gasteiger partial charge >= 0.3 is 6.03 Å². The average Bonchev–Trinajstić information content (AvgIpc) is 2.63. The van der Waals surface area contributed by atoms with Gasteiger partial charge in [0.05, 0.1) is 5.92 Å². The molecule has 0 aliphatic carbocycles. The molecule has 6 nitrogen and oxygen atoms in total. The first-order chi connectivity index (χ1) is 8.20. The lowest BCUT2D eigenvalue weighted by molar-refractivity contribution is -0.127. The van der Waals surface area contributed by atoms with Crippen LogP contribution < -0.4 is 16.0 Å². The highest BCUT2D eigenvalue weighted by Crippen LogP contribution is 2.11. The van der Waals surface area contributed by atoms with E-state index in [2.05, 4.69) is 16.0 Å². The first-order valence-corrected chi connectivity index (χ1v) is 6.24. The fourth-order valence-corrected chi connectivity index (χ4v) is 2.12. The van der Waals surface area contributed by atoms with E-state index in [1.807, 2.05) is 6.92 Å². The van der Waals surface area contributed by atoms with Crippen LogP contribution in [0.5, 0.6) is 0 Å². The van der Waals surface area contributed by atoms with Crippen LogP contribution in [0.2, 0.25) is 0 Å². The zero-order valence-corrected chi connectivity index (χ0v) is 11.4. The highest BCUT2D eigenvalue weighted by atomic mass is 35.5. The Morgan fingerprint density at radius 2 is 2.11 bits per heavy atom. The molecular formula is C11H21ClN4O2. The van der Waals surface area contributed by atoms with Gasteiger partial charge in [0.2, 0.25) is 5.91 Å². The second-order valence-corrected chi connectivity index (χ2v) is 4.63. The van der Waals surface area contributed by atoms with Gasteiger partial charge in [0, 0.05) is 38.8 Å². The number of urea groups is 1. The number of nitrogens with one attached hydrogen (secondary N) is 3. The van der Waals surface area contributed by atoms with Gasteiger partial charge in [-0.2, -0.15) is 0 Å². The van der Waals surface area contributed by atoms with Crippen molar-refractivity contribution in [3.05, 3.63) is 0 Å². The zero-order chi connectivity index (χ0) is 12.3. The van der Waals surface area contributed by atoms with Crippen molar-refractivity contribution in [3.63, 3.8) is 0 Å². The van der Waals surface area contributed by atoms with Crippen molar-refractivity contribution in [2.75, 3.05) is 32.7 Å². The fourth-order valence-electron chi connectivity index (χ4n) is 2.12. The summed E-state index contributed by atoms with van der Waals surface area (Å²) in [7, 11) is 0. The van der Waals surface area contributed by atoms with Crippen molar-refractivity contribution in [1.82, 2.24) is 20.9 Å². The molecule has 3 amide bonds. The monoisotopic (exact) mass is 276 g/mol. The van der Waals surface area contributed by atoms with Gasteiger partial charge in [-0.05, 0) is 13.3 Å². The van der Waals surface area contributed by atoms with E-state index in [1.54, 1.807) is 4.90 Å². The number of rotatable bonds is 3. The van der Waals surface area contributed by atoms with Crippen LogP contribution >= 0.6 is 12.4 Å². The summed E-state index contributed by atoms with van der Waals surface area (Å²) in [6, 6.07) is 0.0836. The van der Waals surface area contributed by atoms with Crippen LogP contribution in [0, 0.1) is 5.92 Å². The molecule has 2 rings (SSSR count). The van der Waals surface area contributed by atoms with Crippen molar-refractivity contribution in [2.45, 2.75) is 19.4 Å².